The molecule has 7 nitrogen and oxygen atoms in total. The SMILES string of the molecule is CC[C@@H](C)NC(=O)[C@H](C)N(Cc1ccccc1C)C(=O)CN(c1ccccc1Br)S(C)(=O)=O. The molecule has 0 heterocycles. The average molecular weight is 539 g/mol. The Balaban J connectivity index is 2.41. The van der Waals surface area contributed by atoms with Crippen LogP contribution < -0.4 is 9.62 Å². The van der Waals surface area contributed by atoms with Crippen LogP contribution in [0.4, 0.5) is 5.69 Å². The fourth-order valence-electron chi connectivity index (χ4n) is 3.27. The number of hydrogen-bond donors (Lipinski definition) is 1. The standard InChI is InChI=1S/C24H32BrN3O4S/c1-6-18(3)26-24(30)19(4)27(15-20-12-8-7-11-17(20)2)23(29)16-28(33(5,31)32)22-14-10-9-13-21(22)25/h7-14,18-19H,6,15-16H2,1-5H3,(H,26,30)/t18-,19+/m1/s1. The minimum absolute atomic E-state index is 0.0387. The summed E-state index contributed by atoms with van der Waals surface area (Å²) in [6, 6.07) is 13.6. The molecule has 0 radical (unpaired) electrons. The van der Waals surface area contributed by atoms with Crippen LogP contribution in [0.1, 0.15) is 38.3 Å². The van der Waals surface area contributed by atoms with E-state index in [2.05, 4.69) is 21.2 Å². The fourth-order valence-corrected chi connectivity index (χ4v) is 4.75. The van der Waals surface area contributed by atoms with Gasteiger partial charge in [0.2, 0.25) is 21.8 Å². The van der Waals surface area contributed by atoms with E-state index in [1.165, 1.54) is 4.90 Å². The van der Waals surface area contributed by atoms with Crippen molar-refractivity contribution in [1.82, 2.24) is 10.2 Å². The topological polar surface area (TPSA) is 86.8 Å². The predicted octanol–water partition coefficient (Wildman–Crippen LogP) is 3.86. The number of aryl methyl sites for hydroxylation is 1. The molecule has 2 amide bonds. The zero-order valence-corrected chi connectivity index (χ0v) is 22.1. The summed E-state index contributed by atoms with van der Waals surface area (Å²) in [5, 5.41) is 2.92. The van der Waals surface area contributed by atoms with Crippen LogP contribution in [0.5, 0.6) is 0 Å². The number of amides is 2. The van der Waals surface area contributed by atoms with Crippen LogP contribution in [0.25, 0.3) is 0 Å². The van der Waals surface area contributed by atoms with Gasteiger partial charge in [0.15, 0.2) is 0 Å². The maximum absolute atomic E-state index is 13.5. The zero-order chi connectivity index (χ0) is 24.8. The van der Waals surface area contributed by atoms with Crippen LogP contribution in [0.3, 0.4) is 0 Å². The highest BCUT2D eigenvalue weighted by molar-refractivity contribution is 9.10. The van der Waals surface area contributed by atoms with Gasteiger partial charge in [0.05, 0.1) is 11.9 Å². The van der Waals surface area contributed by atoms with Crippen molar-refractivity contribution in [3.8, 4) is 0 Å². The molecule has 0 aliphatic heterocycles. The molecule has 180 valence electrons. The molecule has 0 spiro atoms. The van der Waals surface area contributed by atoms with Crippen molar-refractivity contribution in [2.24, 2.45) is 0 Å². The molecule has 0 saturated carbocycles. The number of nitrogens with one attached hydrogen (secondary N) is 1. The maximum atomic E-state index is 13.5. The molecule has 0 unspecified atom stereocenters. The van der Waals surface area contributed by atoms with Gasteiger partial charge >= 0.3 is 0 Å². The van der Waals surface area contributed by atoms with Gasteiger partial charge in [-0.25, -0.2) is 8.42 Å². The van der Waals surface area contributed by atoms with E-state index < -0.39 is 28.5 Å². The van der Waals surface area contributed by atoms with E-state index in [1.807, 2.05) is 45.0 Å². The van der Waals surface area contributed by atoms with Crippen LogP contribution in [0.2, 0.25) is 0 Å². The van der Waals surface area contributed by atoms with Crippen molar-refractivity contribution in [2.75, 3.05) is 17.1 Å². The van der Waals surface area contributed by atoms with E-state index in [9.17, 15) is 18.0 Å². The molecule has 0 fully saturated rings. The summed E-state index contributed by atoms with van der Waals surface area (Å²) in [7, 11) is -3.76. The lowest BCUT2D eigenvalue weighted by Crippen LogP contribution is -2.52. The predicted molar refractivity (Wildman–Crippen MR) is 135 cm³/mol. The van der Waals surface area contributed by atoms with Crippen LogP contribution in [0.15, 0.2) is 53.0 Å². The molecule has 2 aromatic carbocycles. The third-order valence-electron chi connectivity index (χ3n) is 5.57. The number of sulfonamides is 1. The number of hydrogen-bond acceptors (Lipinski definition) is 4. The van der Waals surface area contributed by atoms with Gasteiger partial charge in [0.25, 0.3) is 0 Å². The molecular weight excluding hydrogens is 506 g/mol. The molecule has 2 aromatic rings. The van der Waals surface area contributed by atoms with E-state index in [0.717, 1.165) is 28.1 Å². The zero-order valence-electron chi connectivity index (χ0n) is 19.7. The lowest BCUT2D eigenvalue weighted by atomic mass is 10.1. The Bertz CT molecular complexity index is 1090. The first-order valence-corrected chi connectivity index (χ1v) is 13.5. The van der Waals surface area contributed by atoms with Gasteiger partial charge in [-0.1, -0.05) is 43.3 Å². The molecule has 2 atom stereocenters. The number of anilines is 1. The third-order valence-corrected chi connectivity index (χ3v) is 7.37. The van der Waals surface area contributed by atoms with Crippen molar-refractivity contribution in [3.63, 3.8) is 0 Å². The number of carbonyl (C=O) groups excluding carboxylic acids is 2. The van der Waals surface area contributed by atoms with Crippen LogP contribution in [-0.2, 0) is 26.2 Å². The second-order valence-electron chi connectivity index (χ2n) is 8.16. The summed E-state index contributed by atoms with van der Waals surface area (Å²) in [6.45, 7) is 7.23. The summed E-state index contributed by atoms with van der Waals surface area (Å²) in [4.78, 5) is 27.9. The lowest BCUT2D eigenvalue weighted by molar-refractivity contribution is -0.139. The van der Waals surface area contributed by atoms with Crippen LogP contribution >= 0.6 is 15.9 Å². The summed E-state index contributed by atoms with van der Waals surface area (Å²) < 4.78 is 26.8. The van der Waals surface area contributed by atoms with Crippen molar-refractivity contribution >= 4 is 43.5 Å². The maximum Gasteiger partial charge on any atom is 0.244 e. The Morgan fingerprint density at radius 2 is 1.67 bits per heavy atom. The normalized spacial score (nSPS) is 13.2. The molecule has 0 aliphatic rings. The summed E-state index contributed by atoms with van der Waals surface area (Å²) in [6.07, 6.45) is 1.82. The summed E-state index contributed by atoms with van der Waals surface area (Å²) in [5.41, 5.74) is 2.23. The minimum Gasteiger partial charge on any atom is -0.352 e. The Morgan fingerprint density at radius 3 is 2.24 bits per heavy atom. The largest absolute Gasteiger partial charge is 0.352 e. The van der Waals surface area contributed by atoms with Crippen LogP contribution in [-0.4, -0.2) is 50.0 Å². The number of benzene rings is 2. The number of rotatable bonds is 10. The Labute approximate surface area is 205 Å². The number of nitrogens with zero attached hydrogens (tertiary/aromatic N) is 2. The van der Waals surface area contributed by atoms with Crippen molar-refractivity contribution in [3.05, 3.63) is 64.1 Å². The van der Waals surface area contributed by atoms with Gasteiger partial charge in [-0.05, 0) is 66.4 Å². The van der Waals surface area contributed by atoms with Crippen molar-refractivity contribution in [1.29, 1.82) is 0 Å². The first-order valence-electron chi connectivity index (χ1n) is 10.8. The van der Waals surface area contributed by atoms with Gasteiger partial charge in [-0.2, -0.15) is 0 Å². The Hall–Kier alpha value is -2.39. The quantitative estimate of drug-likeness (QED) is 0.498. The molecule has 0 bridgehead atoms. The smallest absolute Gasteiger partial charge is 0.244 e. The molecular formula is C24H32BrN3O4S. The molecule has 2 rings (SSSR count). The van der Waals surface area contributed by atoms with Gasteiger partial charge < -0.3 is 10.2 Å². The second-order valence-corrected chi connectivity index (χ2v) is 10.9. The molecule has 0 saturated heterocycles. The molecule has 0 aromatic heterocycles. The highest BCUT2D eigenvalue weighted by Crippen LogP contribution is 2.28. The first kappa shape index (κ1) is 26.9. The van der Waals surface area contributed by atoms with E-state index in [0.29, 0.717) is 10.2 Å². The van der Waals surface area contributed by atoms with Gasteiger partial charge in [-0.3, -0.25) is 13.9 Å². The summed E-state index contributed by atoms with van der Waals surface area (Å²) in [5.74, 6) is -0.746. The first-order chi connectivity index (χ1) is 15.5. The monoisotopic (exact) mass is 537 g/mol. The Kier molecular flexibility index (Phi) is 9.48. The lowest BCUT2D eigenvalue weighted by Gasteiger charge is -2.32. The van der Waals surface area contributed by atoms with Crippen molar-refractivity contribution in [2.45, 2.75) is 52.7 Å². The summed E-state index contributed by atoms with van der Waals surface area (Å²) >= 11 is 3.37. The van der Waals surface area contributed by atoms with E-state index in [1.54, 1.807) is 31.2 Å². The molecule has 9 heteroatoms. The average Bonchev–Trinajstić information content (AvgIpc) is 2.76. The van der Waals surface area contributed by atoms with Gasteiger partial charge in [-0.15, -0.1) is 0 Å². The van der Waals surface area contributed by atoms with Crippen LogP contribution in [0, 0.1) is 6.92 Å². The van der Waals surface area contributed by atoms with Crippen molar-refractivity contribution < 1.29 is 18.0 Å². The van der Waals surface area contributed by atoms with E-state index in [4.69, 9.17) is 0 Å². The molecule has 33 heavy (non-hydrogen) atoms. The highest BCUT2D eigenvalue weighted by atomic mass is 79.9. The molecule has 1 N–H and O–H groups in total. The minimum atomic E-state index is -3.76. The highest BCUT2D eigenvalue weighted by Gasteiger charge is 2.31. The van der Waals surface area contributed by atoms with Gasteiger partial charge in [0, 0.05) is 17.1 Å². The number of carbonyl (C=O) groups is 2. The fraction of sp³-hybridized carbons (Fsp3) is 0.417. The molecule has 0 aliphatic carbocycles. The van der Waals surface area contributed by atoms with E-state index in [-0.39, 0.29) is 18.5 Å². The Morgan fingerprint density at radius 1 is 1.06 bits per heavy atom. The second kappa shape index (κ2) is 11.7. The number of halogens is 1. The van der Waals surface area contributed by atoms with Gasteiger partial charge in [0.1, 0.15) is 12.6 Å². The third kappa shape index (κ3) is 7.30. The van der Waals surface area contributed by atoms with E-state index >= 15 is 0 Å². The number of para-hydroxylation sites is 1.